The maximum Gasteiger partial charge on any atom is 0.325 e. The Morgan fingerprint density at radius 1 is 1.07 bits per heavy atom. The molecule has 8 heteroatoms. The number of rotatable bonds is 5. The molecular weight excluding hydrogens is 353 g/mol. The van der Waals surface area contributed by atoms with E-state index >= 15 is 0 Å². The fourth-order valence-electron chi connectivity index (χ4n) is 2.50. The second kappa shape index (κ2) is 7.69. The smallest absolute Gasteiger partial charge is 0.325 e. The predicted octanol–water partition coefficient (Wildman–Crippen LogP) is 2.46. The number of methoxy groups -OCH3 is 1. The first kappa shape index (κ1) is 18.1. The Bertz CT molecular complexity index is 1030. The molecule has 0 bridgehead atoms. The molecule has 1 aromatic heterocycles. The fraction of sp³-hybridized carbons (Fsp3) is 0.105. The first-order chi connectivity index (χ1) is 13.0. The van der Waals surface area contributed by atoms with Crippen LogP contribution in [0.4, 0.5) is 10.1 Å². The van der Waals surface area contributed by atoms with Crippen molar-refractivity contribution < 1.29 is 23.5 Å². The highest BCUT2D eigenvalue weighted by atomic mass is 19.1. The van der Waals surface area contributed by atoms with Crippen LogP contribution in [0.2, 0.25) is 0 Å². The maximum atomic E-state index is 13.8. The molecule has 0 aliphatic carbocycles. The summed E-state index contributed by atoms with van der Waals surface area (Å²) in [7, 11) is 1.22. The maximum absolute atomic E-state index is 13.8. The van der Waals surface area contributed by atoms with E-state index in [1.54, 1.807) is 30.3 Å². The van der Waals surface area contributed by atoms with Gasteiger partial charge in [0.05, 0.1) is 7.11 Å². The van der Waals surface area contributed by atoms with E-state index in [1.165, 1.54) is 25.3 Å². The zero-order valence-corrected chi connectivity index (χ0v) is 14.3. The Kier molecular flexibility index (Phi) is 5.16. The van der Waals surface area contributed by atoms with Crippen molar-refractivity contribution in [3.63, 3.8) is 0 Å². The number of aromatic nitrogens is 1. The van der Waals surface area contributed by atoms with Crippen LogP contribution in [-0.2, 0) is 9.53 Å². The van der Waals surface area contributed by atoms with Gasteiger partial charge >= 0.3 is 5.97 Å². The third-order valence-electron chi connectivity index (χ3n) is 3.86. The van der Waals surface area contributed by atoms with Crippen LogP contribution in [0.15, 0.2) is 48.5 Å². The standard InChI is InChI=1S/C19H16FN3O4/c1-27-17(24)10-21-18(25)11-4-2-5-12(8-11)22-19(26)16-9-13-14(20)6-3-7-15(13)23-16/h2-9,23H,10H2,1H3,(H,21,25)(H,22,26). The average molecular weight is 369 g/mol. The summed E-state index contributed by atoms with van der Waals surface area (Å²) in [4.78, 5) is 38.4. The van der Waals surface area contributed by atoms with E-state index in [2.05, 4.69) is 20.4 Å². The monoisotopic (exact) mass is 369 g/mol. The van der Waals surface area contributed by atoms with Gasteiger partial charge in [-0.2, -0.15) is 0 Å². The average Bonchev–Trinajstić information content (AvgIpc) is 3.12. The number of hydrogen-bond acceptors (Lipinski definition) is 4. The number of amides is 2. The molecule has 3 aromatic rings. The van der Waals surface area contributed by atoms with E-state index in [4.69, 9.17) is 0 Å². The van der Waals surface area contributed by atoms with E-state index in [0.717, 1.165) is 0 Å². The number of halogens is 1. The third-order valence-corrected chi connectivity index (χ3v) is 3.86. The molecule has 138 valence electrons. The third kappa shape index (κ3) is 4.12. The van der Waals surface area contributed by atoms with Crippen LogP contribution >= 0.6 is 0 Å². The lowest BCUT2D eigenvalue weighted by atomic mass is 10.2. The molecule has 7 nitrogen and oxygen atoms in total. The van der Waals surface area contributed by atoms with Crippen molar-refractivity contribution in [2.24, 2.45) is 0 Å². The van der Waals surface area contributed by atoms with Crippen molar-refractivity contribution in [1.29, 1.82) is 0 Å². The topological polar surface area (TPSA) is 100 Å². The Labute approximate surface area is 153 Å². The molecule has 0 fully saturated rings. The van der Waals surface area contributed by atoms with E-state index in [0.29, 0.717) is 16.6 Å². The van der Waals surface area contributed by atoms with Gasteiger partial charge in [-0.15, -0.1) is 0 Å². The molecule has 0 saturated heterocycles. The summed E-state index contributed by atoms with van der Waals surface area (Å²) in [6.45, 7) is -0.257. The normalized spacial score (nSPS) is 10.4. The highest BCUT2D eigenvalue weighted by molar-refractivity contribution is 6.06. The summed E-state index contributed by atoms with van der Waals surface area (Å²) >= 11 is 0. The fourth-order valence-corrected chi connectivity index (χ4v) is 2.50. The van der Waals surface area contributed by atoms with Crippen molar-refractivity contribution in [2.75, 3.05) is 19.0 Å². The molecule has 0 saturated carbocycles. The quantitative estimate of drug-likeness (QED) is 0.602. The van der Waals surface area contributed by atoms with Gasteiger partial charge in [0.1, 0.15) is 18.1 Å². The number of esters is 1. The van der Waals surface area contributed by atoms with Gasteiger partial charge in [-0.1, -0.05) is 12.1 Å². The van der Waals surface area contributed by atoms with Crippen molar-refractivity contribution in [3.8, 4) is 0 Å². The molecule has 3 N–H and O–H groups in total. The number of benzene rings is 2. The highest BCUT2D eigenvalue weighted by Crippen LogP contribution is 2.20. The Balaban J connectivity index is 1.73. The van der Waals surface area contributed by atoms with Crippen LogP contribution in [0.25, 0.3) is 10.9 Å². The van der Waals surface area contributed by atoms with Crippen molar-refractivity contribution in [3.05, 3.63) is 65.6 Å². The number of anilines is 1. The van der Waals surface area contributed by atoms with Crippen LogP contribution in [0.3, 0.4) is 0 Å². The SMILES string of the molecule is COC(=O)CNC(=O)c1cccc(NC(=O)c2cc3c(F)cccc3[nH]2)c1. The lowest BCUT2D eigenvalue weighted by Gasteiger charge is -2.07. The zero-order chi connectivity index (χ0) is 19.4. The van der Waals surface area contributed by atoms with Gasteiger partial charge in [-0.05, 0) is 36.4 Å². The first-order valence-electron chi connectivity index (χ1n) is 8.01. The molecule has 2 amide bonds. The van der Waals surface area contributed by atoms with Gasteiger partial charge < -0.3 is 20.4 Å². The molecular formula is C19H16FN3O4. The Morgan fingerprint density at radius 3 is 2.59 bits per heavy atom. The second-order valence-electron chi connectivity index (χ2n) is 5.68. The van der Waals surface area contributed by atoms with Gasteiger partial charge in [-0.3, -0.25) is 14.4 Å². The Morgan fingerprint density at radius 2 is 1.85 bits per heavy atom. The molecule has 0 unspecified atom stereocenters. The first-order valence-corrected chi connectivity index (χ1v) is 8.01. The van der Waals surface area contributed by atoms with Crippen LogP contribution in [-0.4, -0.2) is 36.4 Å². The number of carbonyl (C=O) groups excluding carboxylic acids is 3. The minimum atomic E-state index is -0.571. The summed E-state index contributed by atoms with van der Waals surface area (Å²) in [5.41, 5.74) is 1.34. The number of aromatic amines is 1. The van der Waals surface area contributed by atoms with E-state index in [9.17, 15) is 18.8 Å². The molecule has 27 heavy (non-hydrogen) atoms. The zero-order valence-electron chi connectivity index (χ0n) is 14.3. The van der Waals surface area contributed by atoms with Crippen LogP contribution in [0.1, 0.15) is 20.8 Å². The van der Waals surface area contributed by atoms with Crippen LogP contribution in [0, 0.1) is 5.82 Å². The summed E-state index contributed by atoms with van der Waals surface area (Å²) in [5, 5.41) is 5.38. The van der Waals surface area contributed by atoms with Gasteiger partial charge in [0, 0.05) is 22.2 Å². The molecule has 0 aliphatic heterocycles. The van der Waals surface area contributed by atoms with Gasteiger partial charge in [0.15, 0.2) is 0 Å². The van der Waals surface area contributed by atoms with E-state index < -0.39 is 23.6 Å². The van der Waals surface area contributed by atoms with Crippen molar-refractivity contribution in [2.45, 2.75) is 0 Å². The van der Waals surface area contributed by atoms with Crippen molar-refractivity contribution in [1.82, 2.24) is 10.3 Å². The van der Waals surface area contributed by atoms with Gasteiger partial charge in [0.2, 0.25) is 0 Å². The van der Waals surface area contributed by atoms with Gasteiger partial charge in [-0.25, -0.2) is 4.39 Å². The minimum Gasteiger partial charge on any atom is -0.468 e. The van der Waals surface area contributed by atoms with Crippen LogP contribution in [0.5, 0.6) is 0 Å². The van der Waals surface area contributed by atoms with E-state index in [1.807, 2.05) is 0 Å². The second-order valence-corrected chi connectivity index (χ2v) is 5.68. The largest absolute Gasteiger partial charge is 0.468 e. The summed E-state index contributed by atoms with van der Waals surface area (Å²) < 4.78 is 18.2. The number of nitrogens with one attached hydrogen (secondary N) is 3. The Hall–Kier alpha value is -3.68. The summed E-state index contributed by atoms with van der Waals surface area (Å²) in [5.74, 6) is -1.95. The van der Waals surface area contributed by atoms with Crippen molar-refractivity contribution >= 4 is 34.4 Å². The molecule has 2 aromatic carbocycles. The number of carbonyl (C=O) groups is 3. The molecule has 0 atom stereocenters. The number of ether oxygens (including phenoxy) is 1. The summed E-state index contributed by atoms with van der Waals surface area (Å²) in [6.07, 6.45) is 0. The van der Waals surface area contributed by atoms with E-state index in [-0.39, 0.29) is 17.8 Å². The minimum absolute atomic E-state index is 0.190. The summed E-state index contributed by atoms with van der Waals surface area (Å²) in [6, 6.07) is 12.2. The number of hydrogen-bond donors (Lipinski definition) is 3. The highest BCUT2D eigenvalue weighted by Gasteiger charge is 2.13. The van der Waals surface area contributed by atoms with Gasteiger partial charge in [0.25, 0.3) is 11.8 Å². The molecule has 0 radical (unpaired) electrons. The lowest BCUT2D eigenvalue weighted by molar-refractivity contribution is -0.139. The molecule has 0 aliphatic rings. The molecule has 3 rings (SSSR count). The number of fused-ring (bicyclic) bond motifs is 1. The lowest BCUT2D eigenvalue weighted by Crippen LogP contribution is -2.30. The van der Waals surface area contributed by atoms with Crippen LogP contribution < -0.4 is 10.6 Å². The molecule has 1 heterocycles. The number of H-pyrrole nitrogens is 1. The predicted molar refractivity (Wildman–Crippen MR) is 97.0 cm³/mol. The molecule has 0 spiro atoms.